The van der Waals surface area contributed by atoms with Gasteiger partial charge in [0.15, 0.2) is 5.76 Å². The van der Waals surface area contributed by atoms with Crippen molar-refractivity contribution < 1.29 is 32.8 Å². The molecule has 0 radical (unpaired) electrons. The van der Waals surface area contributed by atoms with Crippen molar-refractivity contribution in [3.8, 4) is 0 Å². The van der Waals surface area contributed by atoms with Gasteiger partial charge in [-0.1, -0.05) is 60.7 Å². The number of para-hydroxylation sites is 1. The minimum Gasteiger partial charge on any atom is -0.451 e. The monoisotopic (exact) mass is 612 g/mol. The van der Waals surface area contributed by atoms with Crippen LogP contribution in [-0.2, 0) is 32.1 Å². The third-order valence-electron chi connectivity index (χ3n) is 7.70. The second kappa shape index (κ2) is 14.4. The number of carbonyl (C=O) groups is 5. The molecule has 0 spiro atoms. The minimum atomic E-state index is -1.35. The Morgan fingerprint density at radius 3 is 2.36 bits per heavy atom. The van der Waals surface area contributed by atoms with E-state index in [2.05, 4.69) is 21.3 Å². The van der Waals surface area contributed by atoms with Crippen LogP contribution >= 0.6 is 0 Å². The molecule has 1 saturated heterocycles. The highest BCUT2D eigenvalue weighted by Gasteiger charge is 2.35. The number of hydrogen-bond donors (Lipinski definition) is 4. The van der Waals surface area contributed by atoms with Gasteiger partial charge in [0.2, 0.25) is 17.6 Å². The highest BCUT2D eigenvalue weighted by molar-refractivity contribution is 6.38. The van der Waals surface area contributed by atoms with Gasteiger partial charge < -0.3 is 25.7 Å². The van der Waals surface area contributed by atoms with Crippen LogP contribution in [0.2, 0.25) is 0 Å². The van der Waals surface area contributed by atoms with Crippen molar-refractivity contribution in [2.24, 2.45) is 5.92 Å². The number of furan rings is 1. The molecule has 0 aliphatic carbocycles. The van der Waals surface area contributed by atoms with Gasteiger partial charge >= 0.3 is 0 Å². The second-order valence-electron chi connectivity index (χ2n) is 11.0. The molecule has 11 heteroatoms. The molecule has 2 heterocycles. The predicted octanol–water partition coefficient (Wildman–Crippen LogP) is 3.20. The molecular formula is C34H33FN4O6. The van der Waals surface area contributed by atoms with Crippen LogP contribution in [0.5, 0.6) is 0 Å². The van der Waals surface area contributed by atoms with Crippen molar-refractivity contribution >= 4 is 40.4 Å². The quantitative estimate of drug-likeness (QED) is 0.181. The number of carbonyl (C=O) groups excluding carboxylic acids is 5. The molecule has 1 fully saturated rings. The summed E-state index contributed by atoms with van der Waals surface area (Å²) in [5.74, 6) is -4.63. The van der Waals surface area contributed by atoms with Gasteiger partial charge in [0.05, 0.1) is 6.04 Å². The molecule has 0 unspecified atom stereocenters. The molecule has 1 aliphatic heterocycles. The van der Waals surface area contributed by atoms with E-state index in [0.717, 1.165) is 5.56 Å². The number of Topliss-reactive ketones (excluding diaryl/α,β-unsaturated/α-hetero) is 1. The van der Waals surface area contributed by atoms with E-state index in [9.17, 15) is 28.4 Å². The van der Waals surface area contributed by atoms with Crippen LogP contribution in [0.3, 0.4) is 0 Å². The van der Waals surface area contributed by atoms with Crippen molar-refractivity contribution in [1.82, 2.24) is 21.3 Å². The molecule has 5 rings (SSSR count). The van der Waals surface area contributed by atoms with Crippen molar-refractivity contribution in [2.45, 2.75) is 44.3 Å². The second-order valence-corrected chi connectivity index (χ2v) is 11.0. The Morgan fingerprint density at radius 2 is 1.62 bits per heavy atom. The van der Waals surface area contributed by atoms with E-state index in [-0.39, 0.29) is 31.1 Å². The molecule has 3 aromatic carbocycles. The first-order valence-electron chi connectivity index (χ1n) is 14.7. The Kier molecular flexibility index (Phi) is 9.98. The van der Waals surface area contributed by atoms with E-state index in [1.807, 2.05) is 6.07 Å². The third-order valence-corrected chi connectivity index (χ3v) is 7.70. The molecular weight excluding hydrogens is 579 g/mol. The van der Waals surface area contributed by atoms with Gasteiger partial charge in [0.25, 0.3) is 11.8 Å². The Bertz CT molecular complexity index is 1650. The lowest BCUT2D eigenvalue weighted by molar-refractivity contribution is -0.141. The Balaban J connectivity index is 1.36. The Hall–Kier alpha value is -5.32. The number of rotatable bonds is 12. The maximum Gasteiger partial charge on any atom is 0.289 e. The van der Waals surface area contributed by atoms with Gasteiger partial charge in [0, 0.05) is 30.8 Å². The average molecular weight is 613 g/mol. The fourth-order valence-electron chi connectivity index (χ4n) is 5.26. The van der Waals surface area contributed by atoms with Crippen LogP contribution < -0.4 is 21.3 Å². The van der Waals surface area contributed by atoms with Gasteiger partial charge in [-0.3, -0.25) is 24.0 Å². The zero-order valence-corrected chi connectivity index (χ0v) is 24.4. The number of benzene rings is 3. The zero-order valence-electron chi connectivity index (χ0n) is 24.4. The zero-order chi connectivity index (χ0) is 31.8. The van der Waals surface area contributed by atoms with E-state index in [4.69, 9.17) is 4.42 Å². The molecule has 4 N–H and O–H groups in total. The lowest BCUT2D eigenvalue weighted by atomic mass is 9.89. The first-order valence-corrected chi connectivity index (χ1v) is 14.7. The summed E-state index contributed by atoms with van der Waals surface area (Å²) in [5.41, 5.74) is 1.80. The van der Waals surface area contributed by atoms with Crippen LogP contribution in [0.4, 0.5) is 4.39 Å². The summed E-state index contributed by atoms with van der Waals surface area (Å²) >= 11 is 0. The standard InChI is InChI=1S/C34H33FN4O6/c35-25-14-12-21(13-15-25)17-27(39-33(43)29-19-23-9-4-5-11-28(23)45-29)32(42)38-26(18-24-10-6-16-36-31(24)41)30(40)34(44)37-20-22-7-2-1-3-8-22/h1-5,7-9,11-15,19,24,26-27H,6,10,16-18,20H2,(H,36,41)(H,37,44)(H,38,42)(H,39,43)/t24-,26-,27-/m0/s1. The summed E-state index contributed by atoms with van der Waals surface area (Å²) in [6.07, 6.45) is 1.02. The predicted molar refractivity (Wildman–Crippen MR) is 163 cm³/mol. The molecule has 1 aliphatic rings. The van der Waals surface area contributed by atoms with E-state index in [1.54, 1.807) is 54.6 Å². The van der Waals surface area contributed by atoms with Crippen molar-refractivity contribution in [3.63, 3.8) is 0 Å². The van der Waals surface area contributed by atoms with E-state index in [0.29, 0.717) is 35.9 Å². The molecule has 232 valence electrons. The van der Waals surface area contributed by atoms with Crippen LogP contribution in [-0.4, -0.2) is 48.0 Å². The van der Waals surface area contributed by atoms with Crippen molar-refractivity contribution in [2.75, 3.05) is 6.54 Å². The smallest absolute Gasteiger partial charge is 0.289 e. The summed E-state index contributed by atoms with van der Waals surface area (Å²) in [6, 6.07) is 20.4. The summed E-state index contributed by atoms with van der Waals surface area (Å²) in [5, 5.41) is 11.3. The molecule has 4 amide bonds. The van der Waals surface area contributed by atoms with Gasteiger partial charge in [-0.25, -0.2) is 4.39 Å². The topological polar surface area (TPSA) is 147 Å². The molecule has 0 bridgehead atoms. The first kappa shape index (κ1) is 31.1. The fraction of sp³-hybridized carbons (Fsp3) is 0.265. The molecule has 1 aromatic heterocycles. The van der Waals surface area contributed by atoms with E-state index < -0.39 is 47.3 Å². The molecule has 10 nitrogen and oxygen atoms in total. The van der Waals surface area contributed by atoms with Gasteiger partial charge in [-0.05, 0) is 54.7 Å². The summed E-state index contributed by atoms with van der Waals surface area (Å²) in [6.45, 7) is 0.599. The molecule has 3 atom stereocenters. The number of hydrogen-bond acceptors (Lipinski definition) is 6. The highest BCUT2D eigenvalue weighted by Crippen LogP contribution is 2.20. The Morgan fingerprint density at radius 1 is 0.889 bits per heavy atom. The first-order chi connectivity index (χ1) is 21.8. The summed E-state index contributed by atoms with van der Waals surface area (Å²) < 4.78 is 19.3. The number of halogens is 1. The summed E-state index contributed by atoms with van der Waals surface area (Å²) in [7, 11) is 0. The SMILES string of the molecule is O=C(NCc1ccccc1)C(=O)[C@H](C[C@@H]1CCCNC1=O)NC(=O)[C@H](Cc1ccc(F)cc1)NC(=O)c1cc2ccccc2o1. The van der Waals surface area contributed by atoms with Crippen LogP contribution in [0.1, 0.15) is 40.9 Å². The van der Waals surface area contributed by atoms with Gasteiger partial charge in [0.1, 0.15) is 17.4 Å². The highest BCUT2D eigenvalue weighted by atomic mass is 19.1. The number of fused-ring (bicyclic) bond motifs is 1. The normalized spacial score (nSPS) is 15.8. The van der Waals surface area contributed by atoms with Crippen molar-refractivity contribution in [3.05, 3.63) is 108 Å². The van der Waals surface area contributed by atoms with Gasteiger partial charge in [-0.2, -0.15) is 0 Å². The third kappa shape index (κ3) is 8.20. The molecule has 0 saturated carbocycles. The van der Waals surface area contributed by atoms with E-state index in [1.165, 1.54) is 24.3 Å². The number of amides is 4. The average Bonchev–Trinajstić information content (AvgIpc) is 3.50. The number of nitrogens with one attached hydrogen (secondary N) is 4. The number of piperidine rings is 1. The number of ketones is 1. The maximum absolute atomic E-state index is 13.8. The van der Waals surface area contributed by atoms with Crippen LogP contribution in [0.15, 0.2) is 89.3 Å². The fourth-order valence-corrected chi connectivity index (χ4v) is 5.26. The largest absolute Gasteiger partial charge is 0.451 e. The minimum absolute atomic E-state index is 0.0279. The summed E-state index contributed by atoms with van der Waals surface area (Å²) in [4.78, 5) is 66.0. The lowest BCUT2D eigenvalue weighted by Gasteiger charge is -2.27. The Labute approximate surface area is 258 Å². The molecule has 4 aromatic rings. The van der Waals surface area contributed by atoms with Crippen LogP contribution in [0, 0.1) is 11.7 Å². The lowest BCUT2D eigenvalue weighted by Crippen LogP contribution is -2.55. The van der Waals surface area contributed by atoms with Crippen LogP contribution in [0.25, 0.3) is 11.0 Å². The van der Waals surface area contributed by atoms with E-state index >= 15 is 0 Å². The van der Waals surface area contributed by atoms with Crippen molar-refractivity contribution in [1.29, 1.82) is 0 Å². The molecule has 45 heavy (non-hydrogen) atoms. The van der Waals surface area contributed by atoms with Gasteiger partial charge in [-0.15, -0.1) is 0 Å². The maximum atomic E-state index is 13.8.